The monoisotopic (exact) mass is 368 g/mol. The molecule has 1 heterocycles. The third kappa shape index (κ3) is 3.31. The van der Waals surface area contributed by atoms with Crippen LogP contribution in [0.3, 0.4) is 0 Å². The summed E-state index contributed by atoms with van der Waals surface area (Å²) >= 11 is 6.03. The fourth-order valence-corrected chi connectivity index (χ4v) is 4.97. The van der Waals surface area contributed by atoms with E-state index in [0.717, 1.165) is 12.1 Å². The van der Waals surface area contributed by atoms with Crippen molar-refractivity contribution < 1.29 is 27.2 Å². The Morgan fingerprint density at radius 2 is 2.00 bits per heavy atom. The summed E-state index contributed by atoms with van der Waals surface area (Å²) in [5, 5.41) is -0.198. The lowest BCUT2D eigenvalue weighted by molar-refractivity contribution is -0.128. The normalized spacial score (nSPS) is 17.3. The molecular formula is C13H9ClF4N2O2S. The Morgan fingerprint density at radius 1 is 1.35 bits per heavy atom. The molecule has 3 N–H and O–H groups in total. The summed E-state index contributed by atoms with van der Waals surface area (Å²) < 4.78 is 52.8. The molecule has 1 aromatic carbocycles. The number of hydrogen-bond acceptors (Lipinski definition) is 3. The molecule has 0 fully saturated rings. The van der Waals surface area contributed by atoms with Gasteiger partial charge in [0.25, 0.3) is 12.3 Å². The number of amides is 1. The number of hydrazine groups is 1. The Kier molecular flexibility index (Phi) is 5.23. The van der Waals surface area contributed by atoms with Gasteiger partial charge in [0.1, 0.15) is 5.82 Å². The number of fused-ring (bicyclic) bond motifs is 1. The quantitative estimate of drug-likeness (QED) is 0.214. The minimum Gasteiger partial charge on any atom is -0.290 e. The average molecular weight is 369 g/mol. The van der Waals surface area contributed by atoms with Gasteiger partial charge in [-0.15, -0.1) is 10.5 Å². The molecule has 10 heteroatoms. The first-order chi connectivity index (χ1) is 10.8. The van der Waals surface area contributed by atoms with Gasteiger partial charge < -0.3 is 0 Å². The zero-order chi connectivity index (χ0) is 17.3. The van der Waals surface area contributed by atoms with E-state index < -0.39 is 46.0 Å². The van der Waals surface area contributed by atoms with E-state index in [2.05, 4.69) is 0 Å². The molecule has 0 aromatic heterocycles. The van der Waals surface area contributed by atoms with Crippen molar-refractivity contribution in [2.75, 3.05) is 0 Å². The topological polar surface area (TPSA) is 72.2 Å². The van der Waals surface area contributed by atoms with Gasteiger partial charge in [-0.05, 0) is 18.2 Å². The zero-order valence-electron chi connectivity index (χ0n) is 11.2. The number of hydrogen-bond donors (Lipinski definition) is 2. The SMILES string of the molecule is NNC(=O)C1=C(Cl)c2ccc(F)cc2S1=C(CC(=O)F)C(F)F. The van der Waals surface area contributed by atoms with Crippen LogP contribution in [0.1, 0.15) is 12.0 Å². The molecule has 1 aliphatic rings. The molecule has 0 saturated heterocycles. The fraction of sp³-hybridized carbons (Fsp3) is 0.154. The molecule has 0 spiro atoms. The van der Waals surface area contributed by atoms with Crippen molar-refractivity contribution >= 4 is 43.9 Å². The predicted molar refractivity (Wildman–Crippen MR) is 79.1 cm³/mol. The summed E-state index contributed by atoms with van der Waals surface area (Å²) in [4.78, 5) is 21.3. The second kappa shape index (κ2) is 6.81. The summed E-state index contributed by atoms with van der Waals surface area (Å²) in [5.74, 6) is 3.30. The molecule has 0 radical (unpaired) electrons. The number of halogens is 5. The zero-order valence-corrected chi connectivity index (χ0v) is 12.8. The summed E-state index contributed by atoms with van der Waals surface area (Å²) in [6, 6.07) is 1.17. The Balaban J connectivity index is 2.83. The lowest BCUT2D eigenvalue weighted by atomic mass is 10.2. The maximum Gasteiger partial charge on any atom is 0.306 e. The van der Waals surface area contributed by atoms with Crippen LogP contribution in [0.4, 0.5) is 17.6 Å². The van der Waals surface area contributed by atoms with Gasteiger partial charge in [0.05, 0.1) is 16.4 Å². The van der Waals surface area contributed by atoms with Crippen molar-refractivity contribution in [1.29, 1.82) is 0 Å². The van der Waals surface area contributed by atoms with Gasteiger partial charge in [-0.25, -0.2) is 19.0 Å². The van der Waals surface area contributed by atoms with Crippen molar-refractivity contribution in [2.45, 2.75) is 17.7 Å². The highest BCUT2D eigenvalue weighted by Crippen LogP contribution is 2.53. The molecule has 4 nitrogen and oxygen atoms in total. The molecule has 124 valence electrons. The van der Waals surface area contributed by atoms with Crippen LogP contribution in [0.25, 0.3) is 5.03 Å². The highest BCUT2D eigenvalue weighted by atomic mass is 35.5. The molecule has 0 saturated carbocycles. The molecule has 1 atom stereocenters. The average Bonchev–Trinajstić information content (AvgIpc) is 2.75. The van der Waals surface area contributed by atoms with E-state index in [0.29, 0.717) is 0 Å². The van der Waals surface area contributed by atoms with E-state index in [9.17, 15) is 27.2 Å². The minimum atomic E-state index is -3.21. The van der Waals surface area contributed by atoms with Gasteiger partial charge in [-0.1, -0.05) is 11.6 Å². The lowest BCUT2D eigenvalue weighted by Gasteiger charge is -2.14. The maximum absolute atomic E-state index is 13.5. The Labute approximate surface area is 135 Å². The van der Waals surface area contributed by atoms with Crippen molar-refractivity contribution in [3.8, 4) is 0 Å². The van der Waals surface area contributed by atoms with E-state index in [4.69, 9.17) is 17.4 Å². The van der Waals surface area contributed by atoms with E-state index >= 15 is 0 Å². The summed E-state index contributed by atoms with van der Waals surface area (Å²) in [7, 11) is -1.88. The predicted octanol–water partition coefficient (Wildman–Crippen LogP) is 2.69. The number of rotatable bonds is 4. The van der Waals surface area contributed by atoms with Crippen LogP contribution in [0.2, 0.25) is 0 Å². The van der Waals surface area contributed by atoms with E-state index in [1.807, 2.05) is 0 Å². The van der Waals surface area contributed by atoms with Crippen LogP contribution in [0.5, 0.6) is 0 Å². The van der Waals surface area contributed by atoms with Crippen molar-refractivity contribution in [3.63, 3.8) is 0 Å². The molecule has 1 aromatic rings. The molecule has 1 amide bonds. The number of carbonyl (C=O) groups excluding carboxylic acids is 2. The van der Waals surface area contributed by atoms with Gasteiger partial charge in [0.2, 0.25) is 0 Å². The molecule has 23 heavy (non-hydrogen) atoms. The van der Waals surface area contributed by atoms with Gasteiger partial charge in [-0.2, -0.15) is 4.39 Å². The van der Waals surface area contributed by atoms with Crippen LogP contribution in [-0.2, 0) is 9.59 Å². The van der Waals surface area contributed by atoms with Crippen LogP contribution in [-0.4, -0.2) is 23.2 Å². The van der Waals surface area contributed by atoms with Crippen molar-refractivity contribution in [2.24, 2.45) is 5.84 Å². The highest BCUT2D eigenvalue weighted by Gasteiger charge is 2.34. The van der Waals surface area contributed by atoms with Crippen molar-refractivity contribution in [3.05, 3.63) is 34.5 Å². The number of nitrogens with two attached hydrogens (primary N) is 1. The molecule has 1 unspecified atom stereocenters. The maximum atomic E-state index is 13.5. The largest absolute Gasteiger partial charge is 0.306 e. The third-order valence-electron chi connectivity index (χ3n) is 2.96. The number of carbonyl (C=O) groups is 2. The van der Waals surface area contributed by atoms with Crippen LogP contribution >= 0.6 is 22.1 Å². The number of alkyl halides is 2. The fourth-order valence-electron chi connectivity index (χ4n) is 2.07. The first-order valence-electron chi connectivity index (χ1n) is 6.05. The third-order valence-corrected chi connectivity index (χ3v) is 5.89. The number of nitrogens with one attached hydrogen (secondary N) is 1. The Hall–Kier alpha value is -1.71. The molecule has 2 rings (SSSR count). The Morgan fingerprint density at radius 3 is 2.52 bits per heavy atom. The van der Waals surface area contributed by atoms with E-state index in [-0.39, 0.29) is 20.4 Å². The van der Waals surface area contributed by atoms with E-state index in [1.54, 1.807) is 5.43 Å². The first-order valence-corrected chi connectivity index (χ1v) is 7.65. The van der Waals surface area contributed by atoms with Crippen LogP contribution < -0.4 is 11.3 Å². The standard InChI is InChI=1S/C13H9ClF4N2O2S/c14-10-6-2-1-5(15)3-7(6)23(11(10)13(22)20-19)8(12(17)18)4-9(16)21/h1-3,12H,4,19H2,(H,20,22). The second-order valence-electron chi connectivity index (χ2n) is 4.36. The molecule has 1 aliphatic heterocycles. The van der Waals surface area contributed by atoms with Gasteiger partial charge in [0.15, 0.2) is 0 Å². The van der Waals surface area contributed by atoms with Gasteiger partial charge in [-0.3, -0.25) is 15.0 Å². The highest BCUT2D eigenvalue weighted by molar-refractivity contribution is 8.20. The summed E-state index contributed by atoms with van der Waals surface area (Å²) in [5.41, 5.74) is 1.91. The molecular weight excluding hydrogens is 360 g/mol. The first kappa shape index (κ1) is 17.6. The summed E-state index contributed by atoms with van der Waals surface area (Å²) in [6.07, 6.45) is -4.42. The lowest BCUT2D eigenvalue weighted by Crippen LogP contribution is -2.31. The Bertz CT molecular complexity index is 764. The smallest absolute Gasteiger partial charge is 0.290 e. The van der Waals surface area contributed by atoms with E-state index in [1.165, 1.54) is 6.07 Å². The minimum absolute atomic E-state index is 0.0230. The summed E-state index contributed by atoms with van der Waals surface area (Å²) in [6.45, 7) is 0. The molecule has 0 aliphatic carbocycles. The van der Waals surface area contributed by atoms with Crippen LogP contribution in [0, 0.1) is 5.82 Å². The van der Waals surface area contributed by atoms with Crippen molar-refractivity contribution in [1.82, 2.24) is 5.43 Å². The van der Waals surface area contributed by atoms with Gasteiger partial charge in [0, 0.05) is 15.3 Å². The van der Waals surface area contributed by atoms with Gasteiger partial charge >= 0.3 is 6.04 Å². The molecule has 0 bridgehead atoms. The second-order valence-corrected chi connectivity index (χ2v) is 6.72. The van der Waals surface area contributed by atoms with Crippen LogP contribution in [0.15, 0.2) is 28.0 Å². The number of benzene rings is 1.